The summed E-state index contributed by atoms with van der Waals surface area (Å²) < 4.78 is 5.32. The van der Waals surface area contributed by atoms with E-state index in [2.05, 4.69) is 19.1 Å². The smallest absolute Gasteiger partial charge is 0.100 e. The van der Waals surface area contributed by atoms with E-state index in [1.54, 1.807) is 0 Å². The van der Waals surface area contributed by atoms with Gasteiger partial charge in [-0.05, 0) is 32.1 Å². The molecule has 0 aromatic rings. The van der Waals surface area contributed by atoms with Crippen molar-refractivity contribution in [1.82, 2.24) is 0 Å². The Bertz CT molecular complexity index is 330. The molecule has 0 bridgehead atoms. The zero-order valence-corrected chi connectivity index (χ0v) is 20.3. The van der Waals surface area contributed by atoms with Crippen LogP contribution in [0.5, 0.6) is 0 Å². The molecule has 0 saturated heterocycles. The lowest BCUT2D eigenvalue weighted by atomic mass is 10.0. The molecular formula is C27H54O3. The molecule has 0 aromatic carbocycles. The van der Waals surface area contributed by atoms with Crippen LogP contribution in [0.15, 0.2) is 12.2 Å². The third-order valence-corrected chi connectivity index (χ3v) is 5.82. The van der Waals surface area contributed by atoms with Gasteiger partial charge in [-0.1, -0.05) is 115 Å². The Labute approximate surface area is 188 Å². The van der Waals surface area contributed by atoms with Gasteiger partial charge in [0.1, 0.15) is 6.10 Å². The molecule has 0 aliphatic carbocycles. The van der Waals surface area contributed by atoms with Crippen molar-refractivity contribution >= 4 is 0 Å². The van der Waals surface area contributed by atoms with Crippen LogP contribution in [0.1, 0.15) is 135 Å². The number of hydrogen-bond donors (Lipinski definition) is 2. The molecule has 180 valence electrons. The van der Waals surface area contributed by atoms with Gasteiger partial charge < -0.3 is 14.9 Å². The van der Waals surface area contributed by atoms with Gasteiger partial charge in [0.2, 0.25) is 0 Å². The largest absolute Gasteiger partial charge is 0.394 e. The zero-order valence-electron chi connectivity index (χ0n) is 20.3. The fourth-order valence-corrected chi connectivity index (χ4v) is 3.78. The summed E-state index contributed by atoms with van der Waals surface area (Å²) in [6.45, 7) is 3.02. The highest BCUT2D eigenvalue weighted by atomic mass is 16.5. The molecule has 0 radical (unpaired) electrons. The van der Waals surface area contributed by atoms with E-state index in [1.165, 1.54) is 122 Å². The fourth-order valence-electron chi connectivity index (χ4n) is 3.78. The molecule has 3 heteroatoms. The number of aliphatic hydroxyl groups is 2. The van der Waals surface area contributed by atoms with Gasteiger partial charge in [0.05, 0.1) is 13.2 Å². The first kappa shape index (κ1) is 29.6. The van der Waals surface area contributed by atoms with Crippen LogP contribution in [0.3, 0.4) is 0 Å². The summed E-state index contributed by atoms with van der Waals surface area (Å²) in [6, 6.07) is 0. The lowest BCUT2D eigenvalue weighted by Crippen LogP contribution is -2.19. The van der Waals surface area contributed by atoms with E-state index < -0.39 is 6.10 Å². The van der Waals surface area contributed by atoms with Gasteiger partial charge in [-0.15, -0.1) is 0 Å². The minimum atomic E-state index is -0.720. The summed E-state index contributed by atoms with van der Waals surface area (Å²) in [4.78, 5) is 0. The molecule has 0 rings (SSSR count). The molecule has 0 aliphatic heterocycles. The second-order valence-electron chi connectivity index (χ2n) is 8.97. The van der Waals surface area contributed by atoms with E-state index in [9.17, 15) is 0 Å². The SMILES string of the molecule is CCCCCC/C=C\CCCCCCCCCCCCCCCCOCC(O)CO. The van der Waals surface area contributed by atoms with Crippen molar-refractivity contribution in [2.24, 2.45) is 0 Å². The first-order chi connectivity index (χ1) is 14.8. The third-order valence-electron chi connectivity index (χ3n) is 5.82. The lowest BCUT2D eigenvalue weighted by Gasteiger charge is -2.08. The van der Waals surface area contributed by atoms with Gasteiger partial charge in [-0.2, -0.15) is 0 Å². The van der Waals surface area contributed by atoms with Crippen LogP contribution in [-0.2, 0) is 4.74 Å². The van der Waals surface area contributed by atoms with Crippen molar-refractivity contribution < 1.29 is 14.9 Å². The van der Waals surface area contributed by atoms with Gasteiger partial charge in [0.25, 0.3) is 0 Å². The maximum atomic E-state index is 9.16. The number of aliphatic hydroxyl groups excluding tert-OH is 2. The molecule has 0 saturated carbocycles. The average Bonchev–Trinajstić information content (AvgIpc) is 2.76. The molecule has 3 nitrogen and oxygen atoms in total. The minimum absolute atomic E-state index is 0.211. The van der Waals surface area contributed by atoms with E-state index in [1.807, 2.05) is 0 Å². The van der Waals surface area contributed by atoms with Crippen molar-refractivity contribution in [1.29, 1.82) is 0 Å². The van der Waals surface area contributed by atoms with E-state index in [0.717, 1.165) is 6.42 Å². The predicted molar refractivity (Wildman–Crippen MR) is 131 cm³/mol. The minimum Gasteiger partial charge on any atom is -0.394 e. The Morgan fingerprint density at radius 3 is 1.43 bits per heavy atom. The van der Waals surface area contributed by atoms with Crippen molar-refractivity contribution in [3.05, 3.63) is 12.2 Å². The number of rotatable bonds is 25. The highest BCUT2D eigenvalue weighted by molar-refractivity contribution is 4.81. The van der Waals surface area contributed by atoms with Crippen LogP contribution in [0.4, 0.5) is 0 Å². The standard InChI is InChI=1S/C27H54O3/c1-2-3-4-5-6-7-8-9-10-11-12-13-14-15-16-17-18-19-20-21-22-23-24-30-26-27(29)25-28/h7-8,27-29H,2-6,9-26H2,1H3/b8-7-. The van der Waals surface area contributed by atoms with E-state index in [-0.39, 0.29) is 13.2 Å². The average molecular weight is 427 g/mol. The monoisotopic (exact) mass is 426 g/mol. The molecule has 0 heterocycles. The molecule has 30 heavy (non-hydrogen) atoms. The van der Waals surface area contributed by atoms with Crippen LogP contribution >= 0.6 is 0 Å². The summed E-state index contributed by atoms with van der Waals surface area (Å²) in [7, 11) is 0. The maximum absolute atomic E-state index is 9.16. The van der Waals surface area contributed by atoms with Gasteiger partial charge >= 0.3 is 0 Å². The summed E-state index contributed by atoms with van der Waals surface area (Å²) in [5.41, 5.74) is 0. The molecule has 0 spiro atoms. The number of ether oxygens (including phenoxy) is 1. The Morgan fingerprint density at radius 2 is 1.00 bits per heavy atom. The normalized spacial score (nSPS) is 12.8. The van der Waals surface area contributed by atoms with Crippen LogP contribution in [0, 0.1) is 0 Å². The first-order valence-corrected chi connectivity index (χ1v) is 13.3. The molecule has 0 amide bonds. The van der Waals surface area contributed by atoms with Crippen LogP contribution in [-0.4, -0.2) is 36.1 Å². The molecule has 0 aliphatic rings. The molecular weight excluding hydrogens is 372 g/mol. The molecule has 0 fully saturated rings. The number of allylic oxidation sites excluding steroid dienone is 2. The lowest BCUT2D eigenvalue weighted by molar-refractivity contribution is 0.00526. The van der Waals surface area contributed by atoms with Crippen molar-refractivity contribution in [2.75, 3.05) is 19.8 Å². The summed E-state index contributed by atoms with van der Waals surface area (Å²) >= 11 is 0. The van der Waals surface area contributed by atoms with Gasteiger partial charge in [-0.25, -0.2) is 0 Å². The molecule has 1 unspecified atom stereocenters. The van der Waals surface area contributed by atoms with E-state index in [0.29, 0.717) is 6.61 Å². The Balaban J connectivity index is 3.06. The van der Waals surface area contributed by atoms with Gasteiger partial charge in [0, 0.05) is 6.61 Å². The summed E-state index contributed by atoms with van der Waals surface area (Å²) in [5, 5.41) is 17.8. The molecule has 1 atom stereocenters. The highest BCUT2D eigenvalue weighted by Crippen LogP contribution is 2.13. The fraction of sp³-hybridized carbons (Fsp3) is 0.926. The Morgan fingerprint density at radius 1 is 0.600 bits per heavy atom. The van der Waals surface area contributed by atoms with Gasteiger partial charge in [-0.3, -0.25) is 0 Å². The number of hydrogen-bond acceptors (Lipinski definition) is 3. The van der Waals surface area contributed by atoms with Gasteiger partial charge in [0.15, 0.2) is 0 Å². The summed E-state index contributed by atoms with van der Waals surface area (Å²) in [6.07, 6.45) is 31.2. The molecule has 0 aromatic heterocycles. The first-order valence-electron chi connectivity index (χ1n) is 13.3. The molecule has 2 N–H and O–H groups in total. The Hall–Kier alpha value is -0.380. The number of unbranched alkanes of at least 4 members (excludes halogenated alkanes) is 18. The summed E-state index contributed by atoms with van der Waals surface area (Å²) in [5.74, 6) is 0. The zero-order chi connectivity index (χ0) is 22.0. The second kappa shape index (κ2) is 26.7. The quantitative estimate of drug-likeness (QED) is 0.116. The van der Waals surface area contributed by atoms with E-state index in [4.69, 9.17) is 14.9 Å². The van der Waals surface area contributed by atoms with Crippen LogP contribution in [0.2, 0.25) is 0 Å². The van der Waals surface area contributed by atoms with Crippen molar-refractivity contribution in [3.8, 4) is 0 Å². The second-order valence-corrected chi connectivity index (χ2v) is 8.97. The maximum Gasteiger partial charge on any atom is 0.100 e. The highest BCUT2D eigenvalue weighted by Gasteiger charge is 2.00. The Kier molecular flexibility index (Phi) is 26.3. The topological polar surface area (TPSA) is 49.7 Å². The van der Waals surface area contributed by atoms with Crippen molar-refractivity contribution in [2.45, 2.75) is 141 Å². The van der Waals surface area contributed by atoms with Crippen LogP contribution < -0.4 is 0 Å². The van der Waals surface area contributed by atoms with Crippen LogP contribution in [0.25, 0.3) is 0 Å². The van der Waals surface area contributed by atoms with E-state index >= 15 is 0 Å². The third kappa shape index (κ3) is 25.7. The predicted octanol–water partition coefficient (Wildman–Crippen LogP) is 7.73. The van der Waals surface area contributed by atoms with Crippen molar-refractivity contribution in [3.63, 3.8) is 0 Å².